The quantitative estimate of drug-likeness (QED) is 0.359. The summed E-state index contributed by atoms with van der Waals surface area (Å²) in [6.45, 7) is 4.62. The smallest absolute Gasteiger partial charge is 0.00345 e. The lowest BCUT2D eigenvalue weighted by Crippen LogP contribution is -1.93. The molecule has 0 spiro atoms. The molecule has 0 aromatic carbocycles. The van der Waals surface area contributed by atoms with Crippen molar-refractivity contribution in [1.29, 1.82) is 0 Å². The molecule has 11 heavy (non-hydrogen) atoms. The third kappa shape index (κ3) is 8.61. The highest BCUT2D eigenvalue weighted by molar-refractivity contribution is 8.68. The van der Waals surface area contributed by atoms with Crippen molar-refractivity contribution in [3.8, 4) is 0 Å². The van der Waals surface area contributed by atoms with Crippen LogP contribution in [0.15, 0.2) is 0 Å². The second kappa shape index (κ2) is 8.79. The molecule has 0 fully saturated rings. The van der Waals surface area contributed by atoms with E-state index >= 15 is 0 Å². The first-order chi connectivity index (χ1) is 5.31. The second-order valence-electron chi connectivity index (χ2n) is 3.22. The molecule has 0 amide bonds. The summed E-state index contributed by atoms with van der Waals surface area (Å²) in [5.74, 6) is 2.15. The summed E-state index contributed by atoms with van der Waals surface area (Å²) >= 11 is 4.10. The van der Waals surface area contributed by atoms with E-state index in [1.807, 2.05) is 0 Å². The van der Waals surface area contributed by atoms with Crippen molar-refractivity contribution in [3.63, 3.8) is 0 Å². The molecule has 0 aliphatic carbocycles. The molecule has 0 aliphatic heterocycles. The van der Waals surface area contributed by atoms with Gasteiger partial charge in [-0.2, -0.15) is 0 Å². The minimum Gasteiger partial charge on any atom is -0.111 e. The SMILES string of the molecule is CCCC(C)CCCCSS. The van der Waals surface area contributed by atoms with Crippen LogP contribution in [0.1, 0.15) is 46.0 Å². The maximum Gasteiger partial charge on any atom is 0.00345 e. The van der Waals surface area contributed by atoms with Gasteiger partial charge < -0.3 is 0 Å². The van der Waals surface area contributed by atoms with Gasteiger partial charge in [-0.1, -0.05) is 50.3 Å². The van der Waals surface area contributed by atoms with E-state index < -0.39 is 0 Å². The van der Waals surface area contributed by atoms with Crippen molar-refractivity contribution < 1.29 is 0 Å². The van der Waals surface area contributed by atoms with Crippen LogP contribution in [0, 0.1) is 5.92 Å². The Balaban J connectivity index is 2.97. The average Bonchev–Trinajstić information content (AvgIpc) is 1.99. The largest absolute Gasteiger partial charge is 0.111 e. The topological polar surface area (TPSA) is 0 Å². The summed E-state index contributed by atoms with van der Waals surface area (Å²) < 4.78 is 0. The Morgan fingerprint density at radius 2 is 2.00 bits per heavy atom. The van der Waals surface area contributed by atoms with Crippen LogP contribution < -0.4 is 0 Å². The zero-order chi connectivity index (χ0) is 8.53. The van der Waals surface area contributed by atoms with Crippen LogP contribution in [0.2, 0.25) is 0 Å². The Morgan fingerprint density at radius 1 is 1.27 bits per heavy atom. The van der Waals surface area contributed by atoms with E-state index in [-0.39, 0.29) is 0 Å². The first-order valence-corrected chi connectivity index (χ1v) is 6.61. The van der Waals surface area contributed by atoms with Crippen LogP contribution in [0.3, 0.4) is 0 Å². The lowest BCUT2D eigenvalue weighted by atomic mass is 10.00. The van der Waals surface area contributed by atoms with Gasteiger partial charge in [0, 0.05) is 5.75 Å². The van der Waals surface area contributed by atoms with E-state index in [0.29, 0.717) is 0 Å². The average molecular weight is 192 g/mol. The zero-order valence-corrected chi connectivity index (χ0v) is 9.39. The number of rotatable bonds is 7. The maximum absolute atomic E-state index is 4.10. The van der Waals surface area contributed by atoms with Crippen LogP contribution in [0.4, 0.5) is 0 Å². The fourth-order valence-electron chi connectivity index (χ4n) is 1.30. The number of hydrogen-bond donors (Lipinski definition) is 1. The minimum absolute atomic E-state index is 0.935. The molecule has 0 aromatic heterocycles. The Bertz CT molecular complexity index is 74.0. The fraction of sp³-hybridized carbons (Fsp3) is 1.00. The molecule has 0 aromatic rings. The van der Waals surface area contributed by atoms with Gasteiger partial charge in [-0.3, -0.25) is 0 Å². The number of unbranched alkanes of at least 4 members (excludes halogenated alkanes) is 1. The Hall–Kier alpha value is 0.700. The molecule has 2 heteroatoms. The number of hydrogen-bond acceptors (Lipinski definition) is 2. The normalized spacial score (nSPS) is 13.4. The van der Waals surface area contributed by atoms with Gasteiger partial charge in [-0.25, -0.2) is 0 Å². The van der Waals surface area contributed by atoms with Crippen LogP contribution in [0.25, 0.3) is 0 Å². The van der Waals surface area contributed by atoms with Crippen LogP contribution in [-0.2, 0) is 0 Å². The first-order valence-electron chi connectivity index (χ1n) is 4.57. The van der Waals surface area contributed by atoms with E-state index in [1.165, 1.54) is 37.9 Å². The molecule has 1 unspecified atom stereocenters. The standard InChI is InChI=1S/C9H20S2/c1-3-6-9(2)7-4-5-8-11-10/h9-10H,3-8H2,1-2H3. The van der Waals surface area contributed by atoms with Crippen molar-refractivity contribution in [3.05, 3.63) is 0 Å². The van der Waals surface area contributed by atoms with Gasteiger partial charge in [-0.15, -0.1) is 11.7 Å². The Labute approximate surface area is 80.3 Å². The lowest BCUT2D eigenvalue weighted by molar-refractivity contribution is 0.467. The monoisotopic (exact) mass is 192 g/mol. The van der Waals surface area contributed by atoms with Crippen molar-refractivity contribution in [2.75, 3.05) is 5.75 Å². The summed E-state index contributed by atoms with van der Waals surface area (Å²) in [5, 5.41) is 0. The number of thiol groups is 1. The van der Waals surface area contributed by atoms with Crippen LogP contribution >= 0.6 is 22.5 Å². The molecule has 0 aliphatic rings. The third-order valence-electron chi connectivity index (χ3n) is 1.96. The van der Waals surface area contributed by atoms with E-state index in [1.54, 1.807) is 10.8 Å². The molecule has 0 N–H and O–H groups in total. The molecule has 0 saturated carbocycles. The van der Waals surface area contributed by atoms with Gasteiger partial charge in [-0.05, 0) is 12.3 Å². The molecular formula is C9H20S2. The molecule has 1 atom stereocenters. The molecule has 0 saturated heterocycles. The molecule has 0 bridgehead atoms. The Kier molecular flexibility index (Phi) is 9.35. The summed E-state index contributed by atoms with van der Waals surface area (Å²) in [7, 11) is 1.66. The van der Waals surface area contributed by atoms with Crippen molar-refractivity contribution in [2.24, 2.45) is 5.92 Å². The van der Waals surface area contributed by atoms with Crippen molar-refractivity contribution in [1.82, 2.24) is 0 Å². The maximum atomic E-state index is 4.10. The predicted molar refractivity (Wildman–Crippen MR) is 59.4 cm³/mol. The van der Waals surface area contributed by atoms with E-state index in [9.17, 15) is 0 Å². The van der Waals surface area contributed by atoms with Crippen LogP contribution in [-0.4, -0.2) is 5.75 Å². The van der Waals surface area contributed by atoms with Gasteiger partial charge in [0.15, 0.2) is 0 Å². The summed E-state index contributed by atoms with van der Waals surface area (Å²) in [6, 6.07) is 0. The Morgan fingerprint density at radius 3 is 2.55 bits per heavy atom. The first kappa shape index (κ1) is 11.7. The highest BCUT2D eigenvalue weighted by Gasteiger charge is 1.99. The van der Waals surface area contributed by atoms with Crippen LogP contribution in [0.5, 0.6) is 0 Å². The molecular weight excluding hydrogens is 172 g/mol. The predicted octanol–water partition coefficient (Wildman–Crippen LogP) is 4.17. The summed E-state index contributed by atoms with van der Waals surface area (Å²) in [6.07, 6.45) is 6.86. The lowest BCUT2D eigenvalue weighted by Gasteiger charge is -2.08. The highest BCUT2D eigenvalue weighted by atomic mass is 33.1. The van der Waals surface area contributed by atoms with Gasteiger partial charge >= 0.3 is 0 Å². The van der Waals surface area contributed by atoms with E-state index in [4.69, 9.17) is 0 Å². The highest BCUT2D eigenvalue weighted by Crippen LogP contribution is 2.15. The second-order valence-corrected chi connectivity index (χ2v) is 4.66. The summed E-state index contributed by atoms with van der Waals surface area (Å²) in [4.78, 5) is 0. The van der Waals surface area contributed by atoms with Crippen molar-refractivity contribution >= 4 is 22.5 Å². The molecule has 68 valence electrons. The third-order valence-corrected chi connectivity index (χ3v) is 2.98. The molecule has 0 nitrogen and oxygen atoms in total. The van der Waals surface area contributed by atoms with Gasteiger partial charge in [0.05, 0.1) is 0 Å². The van der Waals surface area contributed by atoms with Gasteiger partial charge in [0.1, 0.15) is 0 Å². The van der Waals surface area contributed by atoms with E-state index in [0.717, 1.165) is 5.92 Å². The van der Waals surface area contributed by atoms with Crippen molar-refractivity contribution in [2.45, 2.75) is 46.0 Å². The zero-order valence-electron chi connectivity index (χ0n) is 7.68. The minimum atomic E-state index is 0.935. The fourth-order valence-corrected chi connectivity index (χ4v) is 2.02. The summed E-state index contributed by atoms with van der Waals surface area (Å²) in [5.41, 5.74) is 0. The van der Waals surface area contributed by atoms with E-state index in [2.05, 4.69) is 25.5 Å². The molecule has 0 heterocycles. The van der Waals surface area contributed by atoms with Gasteiger partial charge in [0.2, 0.25) is 0 Å². The van der Waals surface area contributed by atoms with Gasteiger partial charge in [0.25, 0.3) is 0 Å². The molecule has 0 rings (SSSR count). The molecule has 0 radical (unpaired) electrons.